The Morgan fingerprint density at radius 1 is 1.00 bits per heavy atom. The van der Waals surface area contributed by atoms with E-state index >= 15 is 0 Å². The molecule has 0 unspecified atom stereocenters. The maximum Gasteiger partial charge on any atom is 0.270 e. The van der Waals surface area contributed by atoms with E-state index < -0.39 is 0 Å². The number of carbonyl (C=O) groups excluding carboxylic acids is 1. The van der Waals surface area contributed by atoms with E-state index in [1.807, 2.05) is 49.4 Å². The van der Waals surface area contributed by atoms with Gasteiger partial charge in [-0.2, -0.15) is 0 Å². The molecular weight excluding hydrogens is 428 g/mol. The molecule has 1 amide bonds. The molecule has 2 aromatic heterocycles. The van der Waals surface area contributed by atoms with Gasteiger partial charge in [0, 0.05) is 30.0 Å². The maximum absolute atomic E-state index is 12.8. The number of pyridine rings is 2. The molecule has 4 aromatic rings. The number of hydrogen-bond acceptors (Lipinski definition) is 6. The Bertz CT molecular complexity index is 1310. The minimum absolute atomic E-state index is 0.257. The van der Waals surface area contributed by atoms with Crippen LogP contribution in [0, 0.1) is 6.92 Å². The van der Waals surface area contributed by atoms with E-state index in [2.05, 4.69) is 27.5 Å². The number of aryl methyl sites for hydroxylation is 1. The number of benzene rings is 2. The minimum Gasteiger partial charge on any atom is -0.497 e. The lowest BCUT2D eigenvalue weighted by atomic mass is 10.1. The molecule has 2 N–H and O–H groups in total. The largest absolute Gasteiger partial charge is 0.497 e. The molecule has 0 saturated heterocycles. The van der Waals surface area contributed by atoms with Gasteiger partial charge in [-0.05, 0) is 66.3 Å². The van der Waals surface area contributed by atoms with Crippen molar-refractivity contribution in [1.82, 2.24) is 15.3 Å². The van der Waals surface area contributed by atoms with Crippen LogP contribution in [0.15, 0.2) is 67.0 Å². The first-order valence-corrected chi connectivity index (χ1v) is 11.2. The number of carbonyl (C=O) groups is 1. The van der Waals surface area contributed by atoms with Gasteiger partial charge in [-0.1, -0.05) is 25.1 Å². The molecule has 0 spiro atoms. The van der Waals surface area contributed by atoms with Gasteiger partial charge in [0.15, 0.2) is 0 Å². The minimum atomic E-state index is -0.257. The summed E-state index contributed by atoms with van der Waals surface area (Å²) >= 11 is 0. The van der Waals surface area contributed by atoms with Gasteiger partial charge in [-0.15, -0.1) is 0 Å². The van der Waals surface area contributed by atoms with Crippen LogP contribution >= 0.6 is 0 Å². The Hall–Kier alpha value is -4.13. The molecular formula is C27H28N4O3. The number of aromatic nitrogens is 2. The van der Waals surface area contributed by atoms with Crippen molar-refractivity contribution >= 4 is 28.2 Å². The van der Waals surface area contributed by atoms with Gasteiger partial charge in [0.1, 0.15) is 23.0 Å². The van der Waals surface area contributed by atoms with E-state index in [1.54, 1.807) is 31.6 Å². The number of hydrogen-bond donors (Lipinski definition) is 2. The highest BCUT2D eigenvalue weighted by atomic mass is 16.5. The lowest BCUT2D eigenvalue weighted by Gasteiger charge is -2.12. The summed E-state index contributed by atoms with van der Waals surface area (Å²) in [6.07, 6.45) is 4.29. The van der Waals surface area contributed by atoms with E-state index in [9.17, 15) is 4.79 Å². The predicted octanol–water partition coefficient (Wildman–Crippen LogP) is 5.41. The highest BCUT2D eigenvalue weighted by molar-refractivity contribution is 5.95. The number of rotatable bonds is 9. The highest BCUT2D eigenvalue weighted by Gasteiger charge is 2.11. The van der Waals surface area contributed by atoms with Crippen molar-refractivity contribution in [2.75, 3.05) is 19.0 Å². The highest BCUT2D eigenvalue weighted by Crippen LogP contribution is 2.28. The topological polar surface area (TPSA) is 85.4 Å². The molecule has 2 aromatic carbocycles. The van der Waals surface area contributed by atoms with Crippen molar-refractivity contribution in [2.24, 2.45) is 0 Å². The van der Waals surface area contributed by atoms with E-state index in [-0.39, 0.29) is 5.91 Å². The molecule has 0 saturated carbocycles. The molecule has 34 heavy (non-hydrogen) atoms. The Kier molecular flexibility index (Phi) is 7.22. The summed E-state index contributed by atoms with van der Waals surface area (Å²) in [5, 5.41) is 8.19. The van der Waals surface area contributed by atoms with Crippen molar-refractivity contribution in [1.29, 1.82) is 0 Å². The summed E-state index contributed by atoms with van der Waals surface area (Å²) < 4.78 is 11.1. The molecule has 2 heterocycles. The Morgan fingerprint density at radius 2 is 1.85 bits per heavy atom. The van der Waals surface area contributed by atoms with E-state index in [0.717, 1.165) is 39.8 Å². The van der Waals surface area contributed by atoms with Crippen LogP contribution in [0.4, 0.5) is 11.5 Å². The maximum atomic E-state index is 12.8. The summed E-state index contributed by atoms with van der Waals surface area (Å²) in [5.41, 5.74) is 3.07. The molecule has 7 heteroatoms. The number of nitrogens with zero attached hydrogens (tertiary/aromatic N) is 2. The molecule has 0 fully saturated rings. The average Bonchev–Trinajstić information content (AvgIpc) is 2.87. The molecule has 0 radical (unpaired) electrons. The third-order valence-electron chi connectivity index (χ3n) is 5.40. The number of fused-ring (bicyclic) bond motifs is 1. The van der Waals surface area contributed by atoms with Crippen LogP contribution in [-0.4, -0.2) is 29.6 Å². The van der Waals surface area contributed by atoms with Gasteiger partial charge in [0.2, 0.25) is 0 Å². The van der Waals surface area contributed by atoms with Crippen molar-refractivity contribution in [3.8, 4) is 11.5 Å². The zero-order valence-electron chi connectivity index (χ0n) is 19.6. The van der Waals surface area contributed by atoms with E-state index in [0.29, 0.717) is 30.4 Å². The zero-order chi connectivity index (χ0) is 23.9. The van der Waals surface area contributed by atoms with Crippen molar-refractivity contribution in [2.45, 2.75) is 26.8 Å². The van der Waals surface area contributed by atoms with Gasteiger partial charge in [-0.3, -0.25) is 9.78 Å². The smallest absolute Gasteiger partial charge is 0.270 e. The molecule has 174 valence electrons. The Balaban J connectivity index is 1.47. The number of methoxy groups -OCH3 is 1. The molecule has 7 nitrogen and oxygen atoms in total. The molecule has 0 atom stereocenters. The monoisotopic (exact) mass is 456 g/mol. The summed E-state index contributed by atoms with van der Waals surface area (Å²) in [6.45, 7) is 5.13. The van der Waals surface area contributed by atoms with Crippen molar-refractivity contribution < 1.29 is 14.3 Å². The van der Waals surface area contributed by atoms with Gasteiger partial charge in [0.05, 0.1) is 13.7 Å². The molecule has 0 aliphatic carbocycles. The fourth-order valence-corrected chi connectivity index (χ4v) is 3.54. The first-order valence-electron chi connectivity index (χ1n) is 11.2. The molecule has 0 aliphatic heterocycles. The SMILES string of the molecule is CCCOc1cc(CNC(=O)c2cc(Nc3nccc4ccc(OC)cc34)ccn2)ccc1C. The standard InChI is InChI=1S/C27H28N4O3/c1-4-13-34-25-14-19(6-5-18(25)2)17-30-27(32)24-15-21(10-12-28-24)31-26-23-16-22(33-3)8-7-20(23)9-11-29-26/h5-12,14-16H,4,13,17H2,1-3H3,(H,30,32)(H,28,29,31). The molecule has 0 aliphatic rings. The lowest BCUT2D eigenvalue weighted by Crippen LogP contribution is -2.23. The van der Waals surface area contributed by atoms with Gasteiger partial charge >= 0.3 is 0 Å². The lowest BCUT2D eigenvalue weighted by molar-refractivity contribution is 0.0946. The van der Waals surface area contributed by atoms with Crippen LogP contribution in [0.5, 0.6) is 11.5 Å². The fourth-order valence-electron chi connectivity index (χ4n) is 3.54. The van der Waals surface area contributed by atoms with Crippen molar-refractivity contribution in [3.63, 3.8) is 0 Å². The van der Waals surface area contributed by atoms with Crippen LogP contribution in [0.25, 0.3) is 10.8 Å². The summed E-state index contributed by atoms with van der Waals surface area (Å²) in [7, 11) is 1.63. The fraction of sp³-hybridized carbons (Fsp3) is 0.222. The Labute approximate surface area is 199 Å². The average molecular weight is 457 g/mol. The van der Waals surface area contributed by atoms with Gasteiger partial charge in [-0.25, -0.2) is 4.98 Å². The van der Waals surface area contributed by atoms with E-state index in [1.165, 1.54) is 0 Å². The van der Waals surface area contributed by atoms with Crippen LogP contribution in [-0.2, 0) is 6.54 Å². The second-order valence-electron chi connectivity index (χ2n) is 7.93. The third kappa shape index (κ3) is 5.43. The quantitative estimate of drug-likeness (QED) is 0.350. The first-order chi connectivity index (χ1) is 16.6. The third-order valence-corrected chi connectivity index (χ3v) is 5.40. The second kappa shape index (κ2) is 10.7. The molecule has 0 bridgehead atoms. The zero-order valence-corrected chi connectivity index (χ0v) is 19.6. The summed E-state index contributed by atoms with van der Waals surface area (Å²) in [4.78, 5) is 21.5. The summed E-state index contributed by atoms with van der Waals surface area (Å²) in [5.74, 6) is 2.01. The van der Waals surface area contributed by atoms with Crippen LogP contribution in [0.2, 0.25) is 0 Å². The van der Waals surface area contributed by atoms with Crippen LogP contribution in [0.1, 0.15) is 35.0 Å². The number of amides is 1. The van der Waals surface area contributed by atoms with Crippen LogP contribution < -0.4 is 20.1 Å². The number of ether oxygens (including phenoxy) is 2. The Morgan fingerprint density at radius 3 is 2.68 bits per heavy atom. The van der Waals surface area contributed by atoms with Crippen LogP contribution in [0.3, 0.4) is 0 Å². The number of nitrogens with one attached hydrogen (secondary N) is 2. The van der Waals surface area contributed by atoms with E-state index in [4.69, 9.17) is 9.47 Å². The van der Waals surface area contributed by atoms with Crippen molar-refractivity contribution in [3.05, 3.63) is 83.8 Å². The predicted molar refractivity (Wildman–Crippen MR) is 134 cm³/mol. The summed E-state index contributed by atoms with van der Waals surface area (Å²) in [6, 6.07) is 17.2. The molecule has 4 rings (SSSR count). The first kappa shape index (κ1) is 23.0. The van der Waals surface area contributed by atoms with Gasteiger partial charge in [0.25, 0.3) is 5.91 Å². The second-order valence-corrected chi connectivity index (χ2v) is 7.93. The normalized spacial score (nSPS) is 10.7. The number of anilines is 2. The van der Waals surface area contributed by atoms with Gasteiger partial charge < -0.3 is 20.1 Å².